The number of hydrogen-bond acceptors (Lipinski definition) is 4. The first-order valence-electron chi connectivity index (χ1n) is 8.95. The second-order valence-corrected chi connectivity index (χ2v) is 6.39. The van der Waals surface area contributed by atoms with E-state index in [1.165, 1.54) is 6.08 Å². The minimum Gasteiger partial charge on any atom is -0.364 e. The fourth-order valence-corrected chi connectivity index (χ4v) is 3.55. The Hall–Kier alpha value is -2.89. The Bertz CT molecular complexity index is 823. The van der Waals surface area contributed by atoms with Crippen LogP contribution in [-0.2, 0) is 4.79 Å². The van der Waals surface area contributed by atoms with Gasteiger partial charge in [0.25, 0.3) is 5.56 Å². The number of nitrogens with zero attached hydrogens (tertiary/aromatic N) is 3. The quantitative estimate of drug-likeness (QED) is 0.839. The maximum absolute atomic E-state index is 12.5. The zero-order chi connectivity index (χ0) is 18.5. The van der Waals surface area contributed by atoms with Gasteiger partial charge in [0.15, 0.2) is 0 Å². The van der Waals surface area contributed by atoms with Crippen molar-refractivity contribution < 1.29 is 4.79 Å². The Kier molecular flexibility index (Phi) is 5.51. The van der Waals surface area contributed by atoms with E-state index < -0.39 is 0 Å². The number of aromatic amines is 1. The first-order chi connectivity index (χ1) is 12.6. The Labute approximate surface area is 153 Å². The highest BCUT2D eigenvalue weighted by Gasteiger charge is 2.26. The lowest BCUT2D eigenvalue weighted by Gasteiger charge is -2.38. The minimum absolute atomic E-state index is 0.0240. The number of likely N-dealkylation sites (tertiary alicyclic amines) is 1. The number of nitrogens with one attached hydrogen (secondary N) is 1. The van der Waals surface area contributed by atoms with Crippen LogP contribution in [0.2, 0.25) is 0 Å². The lowest BCUT2D eigenvalue weighted by Crippen LogP contribution is -2.47. The van der Waals surface area contributed by atoms with Gasteiger partial charge in [-0.1, -0.05) is 6.58 Å². The van der Waals surface area contributed by atoms with Crippen molar-refractivity contribution in [3.63, 3.8) is 0 Å². The van der Waals surface area contributed by atoms with E-state index in [1.807, 2.05) is 23.1 Å². The third kappa shape index (κ3) is 3.69. The summed E-state index contributed by atoms with van der Waals surface area (Å²) in [5.74, 6) is -0.0240. The molecule has 1 saturated heterocycles. The Morgan fingerprint density at radius 2 is 2.04 bits per heavy atom. The van der Waals surface area contributed by atoms with Crippen molar-refractivity contribution in [3.8, 4) is 11.1 Å². The number of amides is 1. The highest BCUT2D eigenvalue weighted by atomic mass is 16.2. The van der Waals surface area contributed by atoms with Crippen LogP contribution in [0.3, 0.4) is 0 Å². The van der Waals surface area contributed by atoms with Gasteiger partial charge in [-0.3, -0.25) is 14.6 Å². The van der Waals surface area contributed by atoms with Gasteiger partial charge in [-0.05, 0) is 49.6 Å². The predicted octanol–water partition coefficient (Wildman–Crippen LogP) is 2.44. The Morgan fingerprint density at radius 1 is 1.35 bits per heavy atom. The molecule has 0 atom stereocenters. The van der Waals surface area contributed by atoms with Gasteiger partial charge in [-0.15, -0.1) is 0 Å². The summed E-state index contributed by atoms with van der Waals surface area (Å²) in [6.07, 6.45) is 8.26. The molecule has 0 aliphatic carbocycles. The molecular formula is C20H24N4O2. The molecule has 2 aromatic rings. The normalized spacial score (nSPS) is 14.9. The molecule has 0 aromatic carbocycles. The summed E-state index contributed by atoms with van der Waals surface area (Å²) in [5.41, 5.74) is 2.56. The van der Waals surface area contributed by atoms with E-state index in [4.69, 9.17) is 0 Å². The van der Waals surface area contributed by atoms with Crippen LogP contribution in [0.15, 0.2) is 54.2 Å². The molecule has 26 heavy (non-hydrogen) atoms. The lowest BCUT2D eigenvalue weighted by atomic mass is 10.0. The number of hydrogen-bond donors (Lipinski definition) is 1. The molecule has 6 nitrogen and oxygen atoms in total. The average Bonchev–Trinajstić information content (AvgIpc) is 2.70. The number of pyridine rings is 2. The maximum atomic E-state index is 12.5. The molecule has 3 rings (SSSR count). The summed E-state index contributed by atoms with van der Waals surface area (Å²) in [7, 11) is 0. The summed E-state index contributed by atoms with van der Waals surface area (Å²) in [5, 5.41) is 0. The SMILES string of the molecule is C=CC(=O)N1CCC(N(CC)c2cc(-c3ccncc3)c[nH]c2=O)CC1. The van der Waals surface area contributed by atoms with E-state index in [2.05, 4.69) is 28.4 Å². The second-order valence-electron chi connectivity index (χ2n) is 6.39. The Morgan fingerprint density at radius 3 is 2.65 bits per heavy atom. The van der Waals surface area contributed by atoms with Gasteiger partial charge in [0.05, 0.1) is 0 Å². The van der Waals surface area contributed by atoms with E-state index in [0.717, 1.165) is 30.5 Å². The molecule has 1 fully saturated rings. The number of carbonyl (C=O) groups excluding carboxylic acids is 1. The predicted molar refractivity (Wildman–Crippen MR) is 103 cm³/mol. The van der Waals surface area contributed by atoms with Gasteiger partial charge in [-0.25, -0.2) is 0 Å². The van der Waals surface area contributed by atoms with Crippen molar-refractivity contribution in [2.75, 3.05) is 24.5 Å². The smallest absolute Gasteiger partial charge is 0.271 e. The van der Waals surface area contributed by atoms with Gasteiger partial charge in [0, 0.05) is 49.8 Å². The number of carbonyl (C=O) groups is 1. The summed E-state index contributed by atoms with van der Waals surface area (Å²) in [4.78, 5) is 35.1. The molecule has 0 saturated carbocycles. The molecule has 0 unspecified atom stereocenters. The van der Waals surface area contributed by atoms with Crippen LogP contribution in [0, 0.1) is 0 Å². The molecule has 0 spiro atoms. The molecule has 1 N–H and O–H groups in total. The molecular weight excluding hydrogens is 328 g/mol. The average molecular weight is 352 g/mol. The molecule has 1 aliphatic heterocycles. The molecule has 1 aliphatic rings. The van der Waals surface area contributed by atoms with E-state index in [1.54, 1.807) is 18.6 Å². The molecule has 2 aromatic heterocycles. The van der Waals surface area contributed by atoms with Crippen LogP contribution < -0.4 is 10.5 Å². The molecule has 0 radical (unpaired) electrons. The van der Waals surface area contributed by atoms with Crippen molar-refractivity contribution in [2.24, 2.45) is 0 Å². The van der Waals surface area contributed by atoms with Crippen molar-refractivity contribution in [3.05, 3.63) is 59.8 Å². The standard InChI is InChI=1S/C20H24N4O2/c1-3-19(25)23-11-7-17(8-12-23)24(4-2)18-13-16(14-22-20(18)26)15-5-9-21-10-6-15/h3,5-6,9-10,13-14,17H,1,4,7-8,11-12H2,2H3,(H,22,26). The highest BCUT2D eigenvalue weighted by Crippen LogP contribution is 2.25. The van der Waals surface area contributed by atoms with Gasteiger partial charge in [-0.2, -0.15) is 0 Å². The van der Waals surface area contributed by atoms with Crippen molar-refractivity contribution in [2.45, 2.75) is 25.8 Å². The van der Waals surface area contributed by atoms with Gasteiger partial charge >= 0.3 is 0 Å². The van der Waals surface area contributed by atoms with Crippen LogP contribution in [0.1, 0.15) is 19.8 Å². The van der Waals surface area contributed by atoms with E-state index >= 15 is 0 Å². The molecule has 6 heteroatoms. The monoisotopic (exact) mass is 352 g/mol. The zero-order valence-corrected chi connectivity index (χ0v) is 15.0. The van der Waals surface area contributed by atoms with E-state index in [0.29, 0.717) is 18.8 Å². The van der Waals surface area contributed by atoms with Crippen molar-refractivity contribution in [1.29, 1.82) is 0 Å². The van der Waals surface area contributed by atoms with Gasteiger partial charge < -0.3 is 14.8 Å². The molecule has 136 valence electrons. The lowest BCUT2D eigenvalue weighted by molar-refractivity contribution is -0.127. The third-order valence-electron chi connectivity index (χ3n) is 4.94. The number of anilines is 1. The minimum atomic E-state index is -0.0887. The largest absolute Gasteiger partial charge is 0.364 e. The van der Waals surface area contributed by atoms with Gasteiger partial charge in [0.2, 0.25) is 5.91 Å². The topological polar surface area (TPSA) is 69.3 Å². The highest BCUT2D eigenvalue weighted by molar-refractivity contribution is 5.87. The number of H-pyrrole nitrogens is 1. The van der Waals surface area contributed by atoms with Crippen molar-refractivity contribution in [1.82, 2.24) is 14.9 Å². The summed E-state index contributed by atoms with van der Waals surface area (Å²) in [6.45, 7) is 7.72. The Balaban J connectivity index is 1.83. The van der Waals surface area contributed by atoms with E-state index in [9.17, 15) is 9.59 Å². The van der Waals surface area contributed by atoms with Crippen LogP contribution in [0.5, 0.6) is 0 Å². The fraction of sp³-hybridized carbons (Fsp3) is 0.350. The third-order valence-corrected chi connectivity index (χ3v) is 4.94. The second kappa shape index (κ2) is 7.99. The van der Waals surface area contributed by atoms with Crippen LogP contribution in [0.4, 0.5) is 5.69 Å². The maximum Gasteiger partial charge on any atom is 0.271 e. The van der Waals surface area contributed by atoms with Crippen LogP contribution >= 0.6 is 0 Å². The van der Waals surface area contributed by atoms with Crippen LogP contribution in [0.25, 0.3) is 11.1 Å². The zero-order valence-electron chi connectivity index (χ0n) is 15.0. The molecule has 3 heterocycles. The first kappa shape index (κ1) is 17.9. The summed E-state index contributed by atoms with van der Waals surface area (Å²) < 4.78 is 0. The molecule has 0 bridgehead atoms. The van der Waals surface area contributed by atoms with Crippen LogP contribution in [-0.4, -0.2) is 46.5 Å². The fourth-order valence-electron chi connectivity index (χ4n) is 3.55. The number of piperidine rings is 1. The number of aromatic nitrogens is 2. The number of rotatable bonds is 5. The summed E-state index contributed by atoms with van der Waals surface area (Å²) in [6, 6.07) is 6.03. The molecule has 1 amide bonds. The van der Waals surface area contributed by atoms with E-state index in [-0.39, 0.29) is 17.5 Å². The van der Waals surface area contributed by atoms with Crippen molar-refractivity contribution >= 4 is 11.6 Å². The summed E-state index contributed by atoms with van der Waals surface area (Å²) >= 11 is 0. The first-order valence-corrected chi connectivity index (χ1v) is 8.95. The van der Waals surface area contributed by atoms with Gasteiger partial charge in [0.1, 0.15) is 5.69 Å².